The van der Waals surface area contributed by atoms with Crippen LogP contribution in [0.2, 0.25) is 0 Å². The first kappa shape index (κ1) is 14.6. The van der Waals surface area contributed by atoms with Gasteiger partial charge in [0, 0.05) is 29.9 Å². The average Bonchev–Trinajstić information content (AvgIpc) is 2.52. The number of aromatic nitrogens is 1. The summed E-state index contributed by atoms with van der Waals surface area (Å²) < 4.78 is 6.22. The van der Waals surface area contributed by atoms with E-state index in [9.17, 15) is 0 Å². The minimum absolute atomic E-state index is 0.761. The lowest BCUT2D eigenvalue weighted by atomic mass is 10.1. The zero-order valence-corrected chi connectivity index (χ0v) is 13.5. The van der Waals surface area contributed by atoms with Gasteiger partial charge in [0.1, 0.15) is 11.2 Å². The van der Waals surface area contributed by atoms with E-state index in [0.717, 1.165) is 57.8 Å². The lowest BCUT2D eigenvalue weighted by molar-refractivity contribution is 0.605. The molecule has 4 heteroatoms. The molecule has 1 aliphatic heterocycles. The third kappa shape index (κ3) is 2.34. The van der Waals surface area contributed by atoms with Gasteiger partial charge < -0.3 is 9.73 Å². The minimum Gasteiger partial charge on any atom is -0.452 e. The number of anilines is 1. The molecule has 114 valence electrons. The van der Waals surface area contributed by atoms with Crippen LogP contribution in [0.3, 0.4) is 0 Å². The average molecular weight is 295 g/mol. The molecule has 1 heterocycles. The van der Waals surface area contributed by atoms with Gasteiger partial charge in [0.15, 0.2) is 11.3 Å². The number of nitrogens with one attached hydrogen (secondary N) is 1. The van der Waals surface area contributed by atoms with Crippen molar-refractivity contribution in [3.63, 3.8) is 0 Å². The molecular weight excluding hydrogens is 274 g/mol. The van der Waals surface area contributed by atoms with Gasteiger partial charge in [-0.25, -0.2) is 4.98 Å². The Morgan fingerprint density at radius 3 is 2.64 bits per heavy atom. The van der Waals surface area contributed by atoms with Gasteiger partial charge in [0.05, 0.1) is 5.36 Å². The molecule has 1 aromatic carbocycles. The van der Waals surface area contributed by atoms with Crippen LogP contribution in [0, 0.1) is 13.8 Å². The van der Waals surface area contributed by atoms with Crippen molar-refractivity contribution in [3.05, 3.63) is 40.7 Å². The maximum absolute atomic E-state index is 6.22. The van der Waals surface area contributed by atoms with E-state index in [-0.39, 0.29) is 0 Å². The molecule has 0 spiro atoms. The predicted octanol–water partition coefficient (Wildman–Crippen LogP) is 3.90. The van der Waals surface area contributed by atoms with Crippen LogP contribution in [0.15, 0.2) is 33.7 Å². The molecular formula is C18H21N3O. The summed E-state index contributed by atoms with van der Waals surface area (Å²) in [7, 11) is 0. The Balaban J connectivity index is 2.34. The normalized spacial score (nSPS) is 12.3. The van der Waals surface area contributed by atoms with Gasteiger partial charge in [0.2, 0.25) is 0 Å². The number of nitrogens with zero attached hydrogens (tertiary/aromatic N) is 2. The molecule has 0 radical (unpaired) electrons. The smallest absolute Gasteiger partial charge is 0.158 e. The van der Waals surface area contributed by atoms with Crippen molar-refractivity contribution in [1.29, 1.82) is 0 Å². The summed E-state index contributed by atoms with van der Waals surface area (Å²) in [4.78, 5) is 9.24. The van der Waals surface area contributed by atoms with Crippen LogP contribution in [0.25, 0.3) is 22.6 Å². The van der Waals surface area contributed by atoms with E-state index < -0.39 is 0 Å². The predicted molar refractivity (Wildman–Crippen MR) is 90.4 cm³/mol. The fourth-order valence-electron chi connectivity index (χ4n) is 2.73. The van der Waals surface area contributed by atoms with Crippen LogP contribution < -0.4 is 10.7 Å². The Bertz CT molecular complexity index is 864. The first-order valence-corrected chi connectivity index (χ1v) is 7.73. The number of benzene rings is 2. The second kappa shape index (κ2) is 5.79. The third-order valence-corrected chi connectivity index (χ3v) is 3.88. The molecule has 0 amide bonds. The van der Waals surface area contributed by atoms with Gasteiger partial charge in [-0.1, -0.05) is 0 Å². The number of rotatable bonds is 3. The highest BCUT2D eigenvalue weighted by atomic mass is 16.3. The summed E-state index contributed by atoms with van der Waals surface area (Å²) in [6, 6.07) is 8.05. The van der Waals surface area contributed by atoms with Crippen molar-refractivity contribution in [2.45, 2.75) is 27.7 Å². The Morgan fingerprint density at radius 2 is 1.91 bits per heavy atom. The first-order valence-electron chi connectivity index (χ1n) is 7.73. The standard InChI is InChI=1S/C18H21N3O/c1-5-19-13-7-9-15-17(11(13)3)22-18-12(4)14(20-6-2)8-10-16(18)21-15/h7-10,19H,5-6H2,1-4H3/b20-14+. The highest BCUT2D eigenvalue weighted by Crippen LogP contribution is 2.30. The van der Waals surface area contributed by atoms with Crippen LogP contribution in [-0.2, 0) is 0 Å². The maximum Gasteiger partial charge on any atom is 0.158 e. The summed E-state index contributed by atoms with van der Waals surface area (Å²) in [6.07, 6.45) is 0. The molecule has 1 N–H and O–H groups in total. The summed E-state index contributed by atoms with van der Waals surface area (Å²) in [6.45, 7) is 9.86. The largest absolute Gasteiger partial charge is 0.452 e. The molecule has 0 saturated carbocycles. The Morgan fingerprint density at radius 1 is 1.09 bits per heavy atom. The van der Waals surface area contributed by atoms with Gasteiger partial charge in [0.25, 0.3) is 0 Å². The number of hydrogen-bond acceptors (Lipinski definition) is 4. The summed E-state index contributed by atoms with van der Waals surface area (Å²) in [5, 5.41) is 4.33. The minimum atomic E-state index is 0.761. The molecule has 22 heavy (non-hydrogen) atoms. The molecule has 2 aliphatic rings. The van der Waals surface area contributed by atoms with Gasteiger partial charge >= 0.3 is 0 Å². The SMILES string of the molecule is CC/N=c1\ccc2nc3ccc(NCC)c(C)c3oc-2c1C. The van der Waals surface area contributed by atoms with E-state index in [1.807, 2.05) is 32.0 Å². The Kier molecular flexibility index (Phi) is 3.84. The molecule has 0 fully saturated rings. The lowest BCUT2D eigenvalue weighted by Gasteiger charge is -2.13. The van der Waals surface area contributed by atoms with Crippen molar-refractivity contribution in [2.24, 2.45) is 4.99 Å². The fourth-order valence-corrected chi connectivity index (χ4v) is 2.73. The second-order valence-electron chi connectivity index (χ2n) is 5.36. The highest BCUT2D eigenvalue weighted by molar-refractivity contribution is 5.84. The van der Waals surface area contributed by atoms with Crippen LogP contribution >= 0.6 is 0 Å². The molecule has 0 bridgehead atoms. The van der Waals surface area contributed by atoms with Crippen molar-refractivity contribution < 1.29 is 4.42 Å². The molecule has 4 nitrogen and oxygen atoms in total. The van der Waals surface area contributed by atoms with E-state index in [0.29, 0.717) is 0 Å². The zero-order chi connectivity index (χ0) is 15.7. The van der Waals surface area contributed by atoms with E-state index in [1.54, 1.807) is 0 Å². The summed E-state index contributed by atoms with van der Waals surface area (Å²) in [5.41, 5.74) is 5.81. The molecule has 3 rings (SSSR count). The van der Waals surface area contributed by atoms with Crippen molar-refractivity contribution in [1.82, 2.24) is 4.98 Å². The topological polar surface area (TPSA) is 50.4 Å². The van der Waals surface area contributed by atoms with Gasteiger partial charge in [-0.3, -0.25) is 4.99 Å². The molecule has 0 atom stereocenters. The number of aryl methyl sites for hydroxylation is 1. The number of hydrogen-bond donors (Lipinski definition) is 1. The van der Waals surface area contributed by atoms with Crippen LogP contribution in [0.1, 0.15) is 25.0 Å². The fraction of sp³-hybridized carbons (Fsp3) is 0.333. The van der Waals surface area contributed by atoms with E-state index in [4.69, 9.17) is 9.40 Å². The molecule has 1 aliphatic carbocycles. The molecule has 0 unspecified atom stereocenters. The monoisotopic (exact) mass is 295 g/mol. The van der Waals surface area contributed by atoms with Crippen LogP contribution in [0.4, 0.5) is 5.69 Å². The Labute approximate surface area is 130 Å². The third-order valence-electron chi connectivity index (χ3n) is 3.88. The van der Waals surface area contributed by atoms with Crippen molar-refractivity contribution in [2.75, 3.05) is 18.4 Å². The number of fused-ring (bicyclic) bond motifs is 2. The van der Waals surface area contributed by atoms with Crippen LogP contribution in [0.5, 0.6) is 0 Å². The summed E-state index contributed by atoms with van der Waals surface area (Å²) in [5.74, 6) is 0.818. The van der Waals surface area contributed by atoms with E-state index >= 15 is 0 Å². The van der Waals surface area contributed by atoms with Crippen LogP contribution in [-0.4, -0.2) is 18.1 Å². The highest BCUT2D eigenvalue weighted by Gasteiger charge is 2.15. The van der Waals surface area contributed by atoms with E-state index in [2.05, 4.69) is 30.2 Å². The van der Waals surface area contributed by atoms with Gasteiger partial charge in [-0.05, 0) is 52.0 Å². The summed E-state index contributed by atoms with van der Waals surface area (Å²) >= 11 is 0. The van der Waals surface area contributed by atoms with Crippen molar-refractivity contribution >= 4 is 16.8 Å². The van der Waals surface area contributed by atoms with E-state index in [1.165, 1.54) is 0 Å². The maximum atomic E-state index is 6.22. The first-order chi connectivity index (χ1) is 10.7. The van der Waals surface area contributed by atoms with Gasteiger partial charge in [-0.15, -0.1) is 0 Å². The molecule has 0 aromatic heterocycles. The molecule has 1 aromatic rings. The quantitative estimate of drug-likeness (QED) is 0.745. The van der Waals surface area contributed by atoms with Gasteiger partial charge in [-0.2, -0.15) is 0 Å². The lowest BCUT2D eigenvalue weighted by Crippen LogP contribution is -2.10. The second-order valence-corrected chi connectivity index (χ2v) is 5.36. The Hall–Kier alpha value is -2.36. The molecule has 0 saturated heterocycles. The van der Waals surface area contributed by atoms with Crippen molar-refractivity contribution in [3.8, 4) is 11.5 Å². The zero-order valence-electron chi connectivity index (χ0n) is 13.5.